The Kier molecular flexibility index (Phi) is 9.75. The van der Waals surface area contributed by atoms with E-state index in [9.17, 15) is 23.6 Å². The van der Waals surface area contributed by atoms with Crippen molar-refractivity contribution in [1.82, 2.24) is 25.8 Å². The molecular weight excluding hydrogens is 549 g/mol. The average molecular weight is 592 g/mol. The zero-order valence-electron chi connectivity index (χ0n) is 25.0. The van der Waals surface area contributed by atoms with Gasteiger partial charge in [0.25, 0.3) is 0 Å². The lowest BCUT2D eigenvalue weighted by atomic mass is 9.87. The van der Waals surface area contributed by atoms with E-state index < -0.39 is 18.0 Å². The topological polar surface area (TPSA) is 111 Å². The SMILES string of the molecule is CNC[C@@H](C)C(=O)N[C@H]1CN(C(=O)Cc2ccc(F)cc2)CC[C@H]2CC[C@@H](C(=O)N[C@@H]3CCCc4ccccc43)N2C1=O. The third-order valence-corrected chi connectivity index (χ3v) is 9.07. The van der Waals surface area contributed by atoms with E-state index in [0.717, 1.165) is 24.8 Å². The molecule has 9 nitrogen and oxygen atoms in total. The third kappa shape index (κ3) is 7.06. The maximum absolute atomic E-state index is 14.2. The van der Waals surface area contributed by atoms with E-state index in [4.69, 9.17) is 0 Å². The van der Waals surface area contributed by atoms with Gasteiger partial charge in [-0.1, -0.05) is 43.3 Å². The summed E-state index contributed by atoms with van der Waals surface area (Å²) in [6, 6.07) is 12.0. The average Bonchev–Trinajstić information content (AvgIpc) is 3.42. The first-order valence-corrected chi connectivity index (χ1v) is 15.4. The van der Waals surface area contributed by atoms with Crippen LogP contribution in [-0.4, -0.2) is 78.2 Å². The van der Waals surface area contributed by atoms with Crippen LogP contribution in [0, 0.1) is 11.7 Å². The predicted octanol–water partition coefficient (Wildman–Crippen LogP) is 2.49. The molecule has 2 aromatic rings. The van der Waals surface area contributed by atoms with E-state index >= 15 is 0 Å². The molecule has 5 atom stereocenters. The molecular formula is C33H42FN5O4. The molecule has 2 fully saturated rings. The molecule has 3 aliphatic rings. The quantitative estimate of drug-likeness (QED) is 0.437. The van der Waals surface area contributed by atoms with Crippen LogP contribution in [0.4, 0.5) is 4.39 Å². The summed E-state index contributed by atoms with van der Waals surface area (Å²) in [5.74, 6) is -1.77. The van der Waals surface area contributed by atoms with Gasteiger partial charge in [0.05, 0.1) is 12.5 Å². The van der Waals surface area contributed by atoms with Gasteiger partial charge in [0.15, 0.2) is 0 Å². The lowest BCUT2D eigenvalue weighted by molar-refractivity contribution is -0.147. The molecule has 0 saturated carbocycles. The molecule has 43 heavy (non-hydrogen) atoms. The Morgan fingerprint density at radius 3 is 2.51 bits per heavy atom. The highest BCUT2D eigenvalue weighted by atomic mass is 19.1. The predicted molar refractivity (Wildman–Crippen MR) is 160 cm³/mol. The van der Waals surface area contributed by atoms with E-state index in [0.29, 0.717) is 37.9 Å². The normalized spacial score (nSPS) is 24.3. The first-order chi connectivity index (χ1) is 20.7. The summed E-state index contributed by atoms with van der Waals surface area (Å²) in [6.07, 6.45) is 4.58. The Bertz CT molecular complexity index is 1330. The first kappa shape index (κ1) is 30.7. The van der Waals surface area contributed by atoms with Gasteiger partial charge in [-0.2, -0.15) is 0 Å². The monoisotopic (exact) mass is 591 g/mol. The number of hydrogen-bond donors (Lipinski definition) is 3. The molecule has 10 heteroatoms. The van der Waals surface area contributed by atoms with Crippen molar-refractivity contribution in [3.05, 3.63) is 71.0 Å². The minimum Gasteiger partial charge on any atom is -0.347 e. The fourth-order valence-corrected chi connectivity index (χ4v) is 6.74. The lowest BCUT2D eigenvalue weighted by Gasteiger charge is -2.39. The van der Waals surface area contributed by atoms with E-state index in [1.165, 1.54) is 17.7 Å². The standard InChI is InChI=1S/C33H42FN5O4/c1-21(19-35-2)31(41)37-28-20-38(30(40)18-22-10-12-24(34)13-11-22)17-16-25-14-15-29(39(25)33(28)43)32(42)36-27-9-5-7-23-6-3-4-8-26(23)27/h3-4,6,8,10-13,21,25,27-29,35H,5,7,9,14-20H2,1-2H3,(H,36,42)(H,37,41)/t21-,25-,27-,28+,29+/m1/s1. The molecule has 230 valence electrons. The molecule has 0 unspecified atom stereocenters. The number of fused-ring (bicyclic) bond motifs is 2. The number of carbonyl (C=O) groups is 4. The van der Waals surface area contributed by atoms with Gasteiger partial charge < -0.3 is 25.8 Å². The number of aryl methyl sites for hydroxylation is 1. The summed E-state index contributed by atoms with van der Waals surface area (Å²) in [6.45, 7) is 2.59. The van der Waals surface area contributed by atoms with Crippen molar-refractivity contribution in [2.75, 3.05) is 26.7 Å². The van der Waals surface area contributed by atoms with Crippen LogP contribution in [0.5, 0.6) is 0 Å². The number of hydrogen-bond acceptors (Lipinski definition) is 5. The van der Waals surface area contributed by atoms with E-state index in [1.807, 2.05) is 12.1 Å². The molecule has 3 N–H and O–H groups in total. The minimum absolute atomic E-state index is 0.00440. The van der Waals surface area contributed by atoms with Crippen LogP contribution in [0.25, 0.3) is 0 Å². The van der Waals surface area contributed by atoms with Crippen LogP contribution in [0.15, 0.2) is 48.5 Å². The minimum atomic E-state index is -0.990. The number of nitrogens with one attached hydrogen (secondary N) is 3. The molecule has 2 heterocycles. The molecule has 1 aliphatic carbocycles. The Balaban J connectivity index is 1.35. The van der Waals surface area contributed by atoms with Gasteiger partial charge >= 0.3 is 0 Å². The highest BCUT2D eigenvalue weighted by molar-refractivity contribution is 5.94. The summed E-state index contributed by atoms with van der Waals surface area (Å²) in [7, 11) is 1.75. The Labute approximate surface area is 252 Å². The van der Waals surface area contributed by atoms with Gasteiger partial charge in [-0.25, -0.2) is 4.39 Å². The summed E-state index contributed by atoms with van der Waals surface area (Å²) in [5, 5.41) is 9.12. The van der Waals surface area contributed by atoms with Crippen molar-refractivity contribution in [3.8, 4) is 0 Å². The zero-order valence-corrected chi connectivity index (χ0v) is 25.0. The van der Waals surface area contributed by atoms with Crippen LogP contribution in [0.3, 0.4) is 0 Å². The number of halogens is 1. The summed E-state index contributed by atoms with van der Waals surface area (Å²) >= 11 is 0. The molecule has 0 radical (unpaired) electrons. The maximum Gasteiger partial charge on any atom is 0.247 e. The molecule has 4 amide bonds. The maximum atomic E-state index is 14.2. The van der Waals surface area contributed by atoms with Crippen LogP contribution in [0.1, 0.15) is 61.8 Å². The Morgan fingerprint density at radius 1 is 0.977 bits per heavy atom. The largest absolute Gasteiger partial charge is 0.347 e. The van der Waals surface area contributed by atoms with Crippen molar-refractivity contribution in [3.63, 3.8) is 0 Å². The number of benzene rings is 2. The number of nitrogens with zero attached hydrogens (tertiary/aromatic N) is 2. The molecule has 0 bridgehead atoms. The second kappa shape index (κ2) is 13.7. The second-order valence-corrected chi connectivity index (χ2v) is 12.1. The molecule has 2 saturated heterocycles. The van der Waals surface area contributed by atoms with Crippen molar-refractivity contribution in [2.24, 2.45) is 5.92 Å². The number of amides is 4. The Hall–Kier alpha value is -3.79. The van der Waals surface area contributed by atoms with Crippen molar-refractivity contribution < 1.29 is 23.6 Å². The molecule has 5 rings (SSSR count). The fraction of sp³-hybridized carbons (Fsp3) is 0.515. The fourth-order valence-electron chi connectivity index (χ4n) is 6.74. The third-order valence-electron chi connectivity index (χ3n) is 9.07. The van der Waals surface area contributed by atoms with Gasteiger partial charge in [-0.05, 0) is 74.4 Å². The smallest absolute Gasteiger partial charge is 0.247 e. The van der Waals surface area contributed by atoms with Crippen molar-refractivity contribution >= 4 is 23.6 Å². The van der Waals surface area contributed by atoms with E-state index in [1.54, 1.807) is 35.9 Å². The number of carbonyl (C=O) groups excluding carboxylic acids is 4. The lowest BCUT2D eigenvalue weighted by Crippen LogP contribution is -2.62. The van der Waals surface area contributed by atoms with E-state index in [-0.39, 0.29) is 54.5 Å². The van der Waals surface area contributed by atoms with Gasteiger partial charge in [-0.15, -0.1) is 0 Å². The van der Waals surface area contributed by atoms with E-state index in [2.05, 4.69) is 28.1 Å². The van der Waals surface area contributed by atoms with Crippen LogP contribution < -0.4 is 16.0 Å². The van der Waals surface area contributed by atoms with Gasteiger partial charge in [0.2, 0.25) is 23.6 Å². The molecule has 2 aliphatic heterocycles. The molecule has 2 aromatic carbocycles. The molecule has 0 aromatic heterocycles. The zero-order chi connectivity index (χ0) is 30.5. The summed E-state index contributed by atoms with van der Waals surface area (Å²) in [4.78, 5) is 57.7. The van der Waals surface area contributed by atoms with Gasteiger partial charge in [0.1, 0.15) is 17.9 Å². The van der Waals surface area contributed by atoms with Crippen molar-refractivity contribution in [1.29, 1.82) is 0 Å². The number of rotatable bonds is 8. The van der Waals surface area contributed by atoms with Crippen LogP contribution in [0.2, 0.25) is 0 Å². The molecule has 0 spiro atoms. The summed E-state index contributed by atoms with van der Waals surface area (Å²) in [5.41, 5.74) is 3.05. The van der Waals surface area contributed by atoms with Crippen LogP contribution >= 0.6 is 0 Å². The van der Waals surface area contributed by atoms with Crippen molar-refractivity contribution in [2.45, 2.75) is 76.0 Å². The first-order valence-electron chi connectivity index (χ1n) is 15.4. The second-order valence-electron chi connectivity index (χ2n) is 12.1. The highest BCUT2D eigenvalue weighted by Crippen LogP contribution is 2.33. The van der Waals surface area contributed by atoms with Gasteiger partial charge in [0, 0.05) is 31.6 Å². The van der Waals surface area contributed by atoms with Crippen LogP contribution in [-0.2, 0) is 32.0 Å². The summed E-state index contributed by atoms with van der Waals surface area (Å²) < 4.78 is 13.4. The Morgan fingerprint density at radius 2 is 1.74 bits per heavy atom. The van der Waals surface area contributed by atoms with Gasteiger partial charge in [-0.3, -0.25) is 19.2 Å². The highest BCUT2D eigenvalue weighted by Gasteiger charge is 2.46.